The topological polar surface area (TPSA) is 38.7 Å². The number of benzene rings is 4. The summed E-state index contributed by atoms with van der Waals surface area (Å²) in [4.78, 5) is -0.904. The van der Waals surface area contributed by atoms with Crippen LogP contribution in [-0.2, 0) is 4.87 Å². The fraction of sp³-hybridized carbons (Fsp3) is 0.185. The van der Waals surface area contributed by atoms with Crippen LogP contribution in [-0.4, -0.2) is 18.3 Å². The van der Waals surface area contributed by atoms with Crippen molar-refractivity contribution in [1.29, 1.82) is 0 Å². The monoisotopic (exact) mass is 432 g/mol. The number of aliphatic hydroxyl groups is 1. The number of hydrogen-bond donors (Lipinski definition) is 1. The third-order valence-corrected chi connectivity index (χ3v) is 5.94. The molecule has 31 heavy (non-hydrogen) atoms. The van der Waals surface area contributed by atoms with Gasteiger partial charge in [-0.2, -0.15) is 0 Å². The molecule has 4 rings (SSSR count). The van der Waals surface area contributed by atoms with Gasteiger partial charge in [-0.15, -0.1) is 11.6 Å². The highest BCUT2D eigenvalue weighted by molar-refractivity contribution is 6.26. The van der Waals surface area contributed by atoms with Crippen LogP contribution < -0.4 is 9.47 Å². The van der Waals surface area contributed by atoms with Crippen molar-refractivity contribution in [1.82, 2.24) is 0 Å². The molecule has 3 nitrogen and oxygen atoms in total. The van der Waals surface area contributed by atoms with Crippen molar-refractivity contribution < 1.29 is 14.6 Å². The average molecular weight is 433 g/mol. The van der Waals surface area contributed by atoms with E-state index in [4.69, 9.17) is 21.1 Å². The van der Waals surface area contributed by atoms with E-state index in [-0.39, 0.29) is 0 Å². The summed E-state index contributed by atoms with van der Waals surface area (Å²) in [5, 5.41) is 12.4. The molecule has 0 aliphatic carbocycles. The van der Waals surface area contributed by atoms with E-state index in [1.165, 1.54) is 0 Å². The minimum atomic E-state index is -0.904. The first kappa shape index (κ1) is 21.2. The fourth-order valence-corrected chi connectivity index (χ4v) is 4.30. The quantitative estimate of drug-likeness (QED) is 0.323. The van der Waals surface area contributed by atoms with Gasteiger partial charge in [-0.05, 0) is 71.3 Å². The van der Waals surface area contributed by atoms with Gasteiger partial charge >= 0.3 is 0 Å². The normalized spacial score (nSPS) is 14.1. The Bertz CT molecular complexity index is 1170. The fourth-order valence-electron chi connectivity index (χ4n) is 3.84. The highest BCUT2D eigenvalue weighted by Gasteiger charge is 2.34. The summed E-state index contributed by atoms with van der Waals surface area (Å²) in [6.07, 6.45) is -0.215. The van der Waals surface area contributed by atoms with Gasteiger partial charge in [-0.25, -0.2) is 0 Å². The number of alkyl halides is 1. The van der Waals surface area contributed by atoms with Crippen LogP contribution >= 0.6 is 11.6 Å². The lowest BCUT2D eigenvalue weighted by Crippen LogP contribution is -2.25. The summed E-state index contributed by atoms with van der Waals surface area (Å²) in [5.74, 6) is 2.27. The minimum absolute atomic E-state index is 0.366. The lowest BCUT2D eigenvalue weighted by atomic mass is 9.85. The summed E-state index contributed by atoms with van der Waals surface area (Å²) in [6.45, 7) is 1.76. The smallest absolute Gasteiger partial charge is 0.127 e. The summed E-state index contributed by atoms with van der Waals surface area (Å²) in [6, 6.07) is 29.5. The number of ether oxygens (including phenoxy) is 2. The first-order valence-electron chi connectivity index (χ1n) is 10.3. The maximum atomic E-state index is 10.3. The molecule has 0 bridgehead atoms. The van der Waals surface area contributed by atoms with E-state index in [1.807, 2.05) is 84.9 Å². The van der Waals surface area contributed by atoms with Crippen LogP contribution in [0.1, 0.15) is 24.5 Å². The van der Waals surface area contributed by atoms with Crippen molar-refractivity contribution in [3.8, 4) is 17.2 Å². The van der Waals surface area contributed by atoms with Gasteiger partial charge in [0.05, 0.1) is 18.1 Å². The highest BCUT2D eigenvalue weighted by Crippen LogP contribution is 2.43. The second-order valence-electron chi connectivity index (χ2n) is 7.73. The number of hydrogen-bond acceptors (Lipinski definition) is 3. The summed E-state index contributed by atoms with van der Waals surface area (Å²) >= 11 is 7.28. The summed E-state index contributed by atoms with van der Waals surface area (Å²) < 4.78 is 11.3. The zero-order valence-corrected chi connectivity index (χ0v) is 18.3. The Morgan fingerprint density at radius 1 is 0.774 bits per heavy atom. The van der Waals surface area contributed by atoms with E-state index in [9.17, 15) is 5.11 Å². The molecular weight excluding hydrogens is 408 g/mol. The van der Waals surface area contributed by atoms with Crippen LogP contribution in [0, 0.1) is 0 Å². The van der Waals surface area contributed by atoms with Crippen LogP contribution in [0.3, 0.4) is 0 Å². The molecule has 0 aliphatic heterocycles. The second-order valence-corrected chi connectivity index (χ2v) is 8.37. The van der Waals surface area contributed by atoms with Gasteiger partial charge in [0.15, 0.2) is 0 Å². The van der Waals surface area contributed by atoms with E-state index in [0.717, 1.165) is 33.4 Å². The third-order valence-electron chi connectivity index (χ3n) is 5.35. The van der Waals surface area contributed by atoms with E-state index < -0.39 is 11.0 Å². The van der Waals surface area contributed by atoms with Crippen molar-refractivity contribution in [3.63, 3.8) is 0 Å². The lowest BCUT2D eigenvalue weighted by Gasteiger charge is -2.30. The Hall–Kier alpha value is -3.01. The van der Waals surface area contributed by atoms with E-state index in [2.05, 4.69) is 6.07 Å². The van der Waals surface area contributed by atoms with Gasteiger partial charge in [0.2, 0.25) is 0 Å². The van der Waals surface area contributed by atoms with Crippen LogP contribution in [0.2, 0.25) is 0 Å². The summed E-state index contributed by atoms with van der Waals surface area (Å²) in [5.41, 5.74) is 1.79. The molecule has 0 heterocycles. The van der Waals surface area contributed by atoms with Gasteiger partial charge in [0.1, 0.15) is 17.2 Å². The number of para-hydroxylation sites is 1. The first-order chi connectivity index (χ1) is 15.0. The molecule has 0 saturated heterocycles. The molecule has 2 unspecified atom stereocenters. The van der Waals surface area contributed by atoms with Crippen LogP contribution in [0.4, 0.5) is 0 Å². The van der Waals surface area contributed by atoms with Gasteiger partial charge in [-0.3, -0.25) is 0 Å². The predicted octanol–water partition coefficient (Wildman–Crippen LogP) is 6.89. The maximum Gasteiger partial charge on any atom is 0.127 e. The molecule has 0 amide bonds. The zero-order valence-electron chi connectivity index (χ0n) is 17.6. The van der Waals surface area contributed by atoms with Crippen LogP contribution in [0.25, 0.3) is 10.8 Å². The van der Waals surface area contributed by atoms with Crippen molar-refractivity contribution >= 4 is 22.4 Å². The maximum absolute atomic E-state index is 10.3. The van der Waals surface area contributed by atoms with Crippen molar-refractivity contribution in [3.05, 3.63) is 102 Å². The molecule has 0 aliphatic rings. The molecule has 1 N–H and O–H groups in total. The van der Waals surface area contributed by atoms with E-state index in [1.54, 1.807) is 14.0 Å². The van der Waals surface area contributed by atoms with Gasteiger partial charge in [0.25, 0.3) is 0 Å². The molecule has 2 atom stereocenters. The van der Waals surface area contributed by atoms with E-state index in [0.29, 0.717) is 12.2 Å². The molecule has 4 heteroatoms. The number of rotatable bonds is 7. The van der Waals surface area contributed by atoms with E-state index >= 15 is 0 Å². The second kappa shape index (κ2) is 9.01. The molecule has 0 spiro atoms. The van der Waals surface area contributed by atoms with Crippen LogP contribution in [0.5, 0.6) is 17.2 Å². The van der Waals surface area contributed by atoms with Crippen molar-refractivity contribution in [2.75, 3.05) is 7.11 Å². The number of methoxy groups -OCH3 is 1. The molecule has 0 radical (unpaired) electrons. The molecule has 158 valence electrons. The lowest BCUT2D eigenvalue weighted by molar-refractivity contribution is 0.173. The molecule has 4 aromatic rings. The highest BCUT2D eigenvalue weighted by atomic mass is 35.5. The Labute approximate surface area is 187 Å². The van der Waals surface area contributed by atoms with Gasteiger partial charge < -0.3 is 14.6 Å². The third kappa shape index (κ3) is 4.68. The Balaban J connectivity index is 1.76. The molecule has 4 aromatic carbocycles. The largest absolute Gasteiger partial charge is 0.497 e. The average Bonchev–Trinajstić information content (AvgIpc) is 2.78. The van der Waals surface area contributed by atoms with Crippen LogP contribution in [0.15, 0.2) is 91.0 Å². The number of halogens is 1. The SMILES string of the molecule is COc1ccc2cc(C(Cl)(CC(C)O)c3cccc(Oc4ccccc4)c3)ccc2c1. The minimum Gasteiger partial charge on any atom is -0.497 e. The number of fused-ring (bicyclic) bond motifs is 1. The van der Waals surface area contributed by atoms with Crippen molar-refractivity contribution in [2.45, 2.75) is 24.3 Å². The standard InChI is InChI=1S/C27H25ClO3/c1-19(29)18-27(28,23-13-11-21-16-25(30-2)14-12-20(21)15-23)22-7-6-10-26(17-22)31-24-8-4-3-5-9-24/h3-17,19,29H,18H2,1-2H3. The zero-order chi connectivity index (χ0) is 21.8. The molecule has 0 saturated carbocycles. The molecular formula is C27H25ClO3. The Kier molecular flexibility index (Phi) is 6.17. The number of aliphatic hydroxyl groups excluding tert-OH is 1. The Morgan fingerprint density at radius 3 is 2.19 bits per heavy atom. The summed E-state index contributed by atoms with van der Waals surface area (Å²) in [7, 11) is 1.66. The molecule has 0 aromatic heterocycles. The molecule has 0 fully saturated rings. The Morgan fingerprint density at radius 2 is 1.45 bits per heavy atom. The van der Waals surface area contributed by atoms with Gasteiger partial charge in [-0.1, -0.05) is 48.5 Å². The predicted molar refractivity (Wildman–Crippen MR) is 126 cm³/mol. The first-order valence-corrected chi connectivity index (χ1v) is 10.6. The van der Waals surface area contributed by atoms with Crippen molar-refractivity contribution in [2.24, 2.45) is 0 Å². The van der Waals surface area contributed by atoms with Gasteiger partial charge in [0, 0.05) is 6.42 Å².